The number of halogens is 1. The van der Waals surface area contributed by atoms with Gasteiger partial charge >= 0.3 is 6.09 Å². The van der Waals surface area contributed by atoms with Crippen LogP contribution >= 0.6 is 23.4 Å². The summed E-state index contributed by atoms with van der Waals surface area (Å²) in [7, 11) is 2.26. The Morgan fingerprint density at radius 1 is 1.32 bits per heavy atom. The number of cyclic esters (lactones) is 1. The summed E-state index contributed by atoms with van der Waals surface area (Å²) in [4.78, 5) is 14.9. The number of anilines is 1. The van der Waals surface area contributed by atoms with E-state index in [0.717, 1.165) is 33.3 Å². The highest BCUT2D eigenvalue weighted by atomic mass is 35.5. The van der Waals surface area contributed by atoms with E-state index in [1.807, 2.05) is 23.9 Å². The number of piperidine rings is 1. The average molecular weight is 339 g/mol. The normalized spacial score (nSPS) is 30.6. The van der Waals surface area contributed by atoms with Crippen molar-refractivity contribution >= 4 is 35.1 Å². The fourth-order valence-corrected chi connectivity index (χ4v) is 5.59. The number of benzene rings is 1. The zero-order chi connectivity index (χ0) is 15.3. The van der Waals surface area contributed by atoms with Gasteiger partial charge in [-0.05, 0) is 44.9 Å². The first-order valence-corrected chi connectivity index (χ1v) is 9.01. The Balaban J connectivity index is 1.53. The number of nitrogens with zero attached hydrogens (tertiary/aromatic N) is 1. The van der Waals surface area contributed by atoms with Crippen LogP contribution in [0.15, 0.2) is 17.0 Å². The van der Waals surface area contributed by atoms with Gasteiger partial charge in [-0.2, -0.15) is 0 Å². The van der Waals surface area contributed by atoms with E-state index in [9.17, 15) is 4.79 Å². The maximum absolute atomic E-state index is 11.3. The first-order chi connectivity index (χ1) is 10.6. The van der Waals surface area contributed by atoms with Gasteiger partial charge in [-0.1, -0.05) is 11.6 Å². The maximum atomic E-state index is 11.3. The van der Waals surface area contributed by atoms with Crippen LogP contribution in [0.4, 0.5) is 10.5 Å². The number of carbonyl (C=O) groups excluding carboxylic acids is 1. The molecule has 3 aliphatic heterocycles. The van der Waals surface area contributed by atoms with Crippen LogP contribution in [0.25, 0.3) is 0 Å². The van der Waals surface area contributed by atoms with Crippen molar-refractivity contribution in [1.82, 2.24) is 4.90 Å². The molecular formula is C16H19ClN2O2S. The van der Waals surface area contributed by atoms with Gasteiger partial charge in [0, 0.05) is 27.8 Å². The summed E-state index contributed by atoms with van der Waals surface area (Å²) in [6.45, 7) is 0.257. The molecule has 0 aromatic heterocycles. The molecule has 3 heterocycles. The van der Waals surface area contributed by atoms with Gasteiger partial charge in [-0.3, -0.25) is 5.32 Å². The Hall–Kier alpha value is -0.910. The number of nitrogens with one attached hydrogen (secondary N) is 1. The molecule has 118 valence electrons. The molecule has 2 atom stereocenters. The summed E-state index contributed by atoms with van der Waals surface area (Å²) in [6, 6.07) is 5.43. The Bertz CT molecular complexity index is 610. The molecule has 2 saturated heterocycles. The van der Waals surface area contributed by atoms with E-state index in [0.29, 0.717) is 5.25 Å². The third kappa shape index (κ3) is 2.49. The fourth-order valence-electron chi connectivity index (χ4n) is 3.87. The predicted octanol–water partition coefficient (Wildman–Crippen LogP) is 4.12. The molecular weight excluding hydrogens is 320 g/mol. The molecule has 4 rings (SSSR count). The molecule has 0 aliphatic carbocycles. The van der Waals surface area contributed by atoms with Crippen molar-refractivity contribution in [1.29, 1.82) is 0 Å². The Kier molecular flexibility index (Phi) is 3.75. The molecule has 2 unspecified atom stereocenters. The van der Waals surface area contributed by atoms with Crippen molar-refractivity contribution < 1.29 is 9.53 Å². The molecule has 0 saturated carbocycles. The lowest BCUT2D eigenvalue weighted by molar-refractivity contribution is 0.151. The van der Waals surface area contributed by atoms with Crippen LogP contribution in [-0.2, 0) is 11.3 Å². The lowest BCUT2D eigenvalue weighted by atomic mass is 10.0. The highest BCUT2D eigenvalue weighted by Gasteiger charge is 2.38. The highest BCUT2D eigenvalue weighted by molar-refractivity contribution is 8.00. The Labute approximate surface area is 139 Å². The van der Waals surface area contributed by atoms with E-state index in [4.69, 9.17) is 16.3 Å². The van der Waals surface area contributed by atoms with Crippen molar-refractivity contribution in [2.24, 2.45) is 0 Å². The summed E-state index contributed by atoms with van der Waals surface area (Å²) < 4.78 is 5.04. The van der Waals surface area contributed by atoms with Gasteiger partial charge in [0.1, 0.15) is 6.61 Å². The lowest BCUT2D eigenvalue weighted by Crippen LogP contribution is -2.40. The number of hydrogen-bond acceptors (Lipinski definition) is 4. The molecule has 1 aromatic carbocycles. The van der Waals surface area contributed by atoms with Crippen LogP contribution in [0.2, 0.25) is 5.02 Å². The van der Waals surface area contributed by atoms with Gasteiger partial charge in [0.15, 0.2) is 0 Å². The topological polar surface area (TPSA) is 41.6 Å². The molecule has 0 spiro atoms. The van der Waals surface area contributed by atoms with Gasteiger partial charge < -0.3 is 9.64 Å². The van der Waals surface area contributed by atoms with E-state index in [-0.39, 0.29) is 6.61 Å². The summed E-state index contributed by atoms with van der Waals surface area (Å²) in [5.74, 6) is 0. The number of ether oxygens (including phenoxy) is 1. The third-order valence-corrected chi connectivity index (χ3v) is 7.00. The molecule has 4 nitrogen and oxygen atoms in total. The van der Waals surface area contributed by atoms with Crippen LogP contribution in [0.5, 0.6) is 0 Å². The zero-order valence-electron chi connectivity index (χ0n) is 12.5. The highest BCUT2D eigenvalue weighted by Crippen LogP contribution is 2.44. The van der Waals surface area contributed by atoms with Gasteiger partial charge in [0.2, 0.25) is 0 Å². The molecule has 6 heteroatoms. The van der Waals surface area contributed by atoms with Crippen LogP contribution in [0.1, 0.15) is 31.2 Å². The molecule has 3 aliphatic rings. The van der Waals surface area contributed by atoms with Crippen LogP contribution in [-0.4, -0.2) is 35.4 Å². The van der Waals surface area contributed by atoms with Crippen molar-refractivity contribution in [2.75, 3.05) is 12.4 Å². The summed E-state index contributed by atoms with van der Waals surface area (Å²) in [5.41, 5.74) is 1.66. The molecule has 0 radical (unpaired) electrons. The number of carbonyl (C=O) groups is 1. The van der Waals surface area contributed by atoms with Crippen molar-refractivity contribution in [3.63, 3.8) is 0 Å². The molecule has 1 amide bonds. The number of thioether (sulfide) groups is 1. The first kappa shape index (κ1) is 14.7. The largest absolute Gasteiger partial charge is 0.444 e. The minimum atomic E-state index is -0.407. The SMILES string of the molecule is CN1C2CCC1CC(Sc1ccc3c(c1Cl)COC(=O)N3)C2. The van der Waals surface area contributed by atoms with Crippen molar-refractivity contribution in [2.45, 2.75) is 54.5 Å². The smallest absolute Gasteiger partial charge is 0.411 e. The van der Waals surface area contributed by atoms with Gasteiger partial charge in [-0.25, -0.2) is 4.79 Å². The van der Waals surface area contributed by atoms with E-state index in [1.54, 1.807) is 0 Å². The van der Waals surface area contributed by atoms with E-state index in [1.165, 1.54) is 25.7 Å². The standard InChI is InChI=1S/C16H19ClN2O2S/c1-19-9-2-3-10(19)7-11(6-9)22-14-5-4-13-12(15(14)17)8-21-16(20)18-13/h4-5,9-11H,2-3,6-8H2,1H3,(H,18,20). The second-order valence-corrected chi connectivity index (χ2v) is 8.09. The minimum absolute atomic E-state index is 0.257. The molecule has 2 bridgehead atoms. The lowest BCUT2D eigenvalue weighted by Gasteiger charge is -2.36. The third-order valence-electron chi connectivity index (χ3n) is 5.14. The number of hydrogen-bond donors (Lipinski definition) is 1. The molecule has 1 aromatic rings. The molecule has 1 N–H and O–H groups in total. The summed E-state index contributed by atoms with van der Waals surface area (Å²) in [5, 5.41) is 4.06. The van der Waals surface area contributed by atoms with Crippen LogP contribution < -0.4 is 5.32 Å². The van der Waals surface area contributed by atoms with E-state index in [2.05, 4.69) is 17.3 Å². The Morgan fingerprint density at radius 3 is 2.77 bits per heavy atom. The van der Waals surface area contributed by atoms with E-state index < -0.39 is 6.09 Å². The molecule has 2 fully saturated rings. The van der Waals surface area contributed by atoms with Crippen LogP contribution in [0.3, 0.4) is 0 Å². The second kappa shape index (κ2) is 5.62. The maximum Gasteiger partial charge on any atom is 0.411 e. The summed E-state index contributed by atoms with van der Waals surface area (Å²) in [6.07, 6.45) is 4.72. The number of fused-ring (bicyclic) bond motifs is 3. The zero-order valence-corrected chi connectivity index (χ0v) is 14.0. The number of rotatable bonds is 2. The Morgan fingerprint density at radius 2 is 2.05 bits per heavy atom. The predicted molar refractivity (Wildman–Crippen MR) is 88.7 cm³/mol. The average Bonchev–Trinajstić information content (AvgIpc) is 2.73. The summed E-state index contributed by atoms with van der Waals surface area (Å²) >= 11 is 8.44. The van der Waals surface area contributed by atoms with E-state index >= 15 is 0 Å². The van der Waals surface area contributed by atoms with Gasteiger partial charge in [-0.15, -0.1) is 11.8 Å². The number of amides is 1. The van der Waals surface area contributed by atoms with Gasteiger partial charge in [0.05, 0.1) is 10.7 Å². The van der Waals surface area contributed by atoms with Crippen molar-refractivity contribution in [3.8, 4) is 0 Å². The van der Waals surface area contributed by atoms with Crippen molar-refractivity contribution in [3.05, 3.63) is 22.7 Å². The monoisotopic (exact) mass is 338 g/mol. The first-order valence-electron chi connectivity index (χ1n) is 7.75. The molecule has 22 heavy (non-hydrogen) atoms. The van der Waals surface area contributed by atoms with Crippen LogP contribution in [0, 0.1) is 0 Å². The second-order valence-electron chi connectivity index (χ2n) is 6.37. The fraction of sp³-hybridized carbons (Fsp3) is 0.562. The quantitative estimate of drug-likeness (QED) is 0.880. The van der Waals surface area contributed by atoms with Gasteiger partial charge in [0.25, 0.3) is 0 Å². The minimum Gasteiger partial charge on any atom is -0.444 e.